The topological polar surface area (TPSA) is 63.1 Å². The van der Waals surface area contributed by atoms with Gasteiger partial charge in [-0.25, -0.2) is 0 Å². The summed E-state index contributed by atoms with van der Waals surface area (Å²) in [4.78, 5) is 12.1. The smallest absolute Gasteiger partial charge is 0.239 e. The minimum absolute atomic E-state index is 0.0232. The molecule has 6 heteroatoms. The van der Waals surface area contributed by atoms with Gasteiger partial charge in [-0.15, -0.1) is 5.10 Å². The molecule has 0 radical (unpaired) electrons. The lowest BCUT2D eigenvalue weighted by Gasteiger charge is -2.04. The number of nitrogens with one attached hydrogen (secondary N) is 1. The summed E-state index contributed by atoms with van der Waals surface area (Å²) in [7, 11) is 1.63. The normalized spacial score (nSPS) is 19.1. The van der Waals surface area contributed by atoms with Crippen LogP contribution in [0.1, 0.15) is 18.1 Å². The molecule has 0 unspecified atom stereocenters. The molecule has 1 fully saturated rings. The van der Waals surface area contributed by atoms with Crippen LogP contribution >= 0.6 is 11.8 Å². The molecule has 0 spiro atoms. The number of ether oxygens (including phenoxy) is 1. The summed E-state index contributed by atoms with van der Waals surface area (Å²) in [5.74, 6) is 0.773. The van der Waals surface area contributed by atoms with E-state index in [0.717, 1.165) is 22.6 Å². The molecule has 25 heavy (non-hydrogen) atoms. The van der Waals surface area contributed by atoms with E-state index < -0.39 is 0 Å². The molecular weight excluding hydrogens is 334 g/mol. The molecule has 1 atom stereocenters. The summed E-state index contributed by atoms with van der Waals surface area (Å²) in [6.45, 7) is 1.88. The van der Waals surface area contributed by atoms with E-state index in [2.05, 4.69) is 15.5 Å². The molecule has 0 bridgehead atoms. The minimum Gasteiger partial charge on any atom is -0.497 e. The summed E-state index contributed by atoms with van der Waals surface area (Å²) in [5.41, 5.74) is 2.87. The lowest BCUT2D eigenvalue weighted by atomic mass is 10.1. The second-order valence-electron chi connectivity index (χ2n) is 5.60. The zero-order valence-corrected chi connectivity index (χ0v) is 14.9. The molecule has 0 aromatic heterocycles. The van der Waals surface area contributed by atoms with Crippen LogP contribution in [0.4, 0.5) is 0 Å². The van der Waals surface area contributed by atoms with Crippen molar-refractivity contribution in [3.63, 3.8) is 0 Å². The molecule has 1 aliphatic heterocycles. The van der Waals surface area contributed by atoms with E-state index in [-0.39, 0.29) is 11.2 Å². The molecule has 0 saturated carbocycles. The highest BCUT2D eigenvalue weighted by Crippen LogP contribution is 2.23. The van der Waals surface area contributed by atoms with Crippen molar-refractivity contribution >= 4 is 28.5 Å². The van der Waals surface area contributed by atoms with Gasteiger partial charge < -0.3 is 10.1 Å². The fraction of sp³-hybridized carbons (Fsp3) is 0.211. The van der Waals surface area contributed by atoms with Crippen LogP contribution in [0.5, 0.6) is 5.75 Å². The van der Waals surface area contributed by atoms with Crippen LogP contribution in [0.15, 0.2) is 64.8 Å². The number of carbonyl (C=O) groups is 1. The maximum atomic E-state index is 12.1. The predicted octanol–water partition coefficient (Wildman–Crippen LogP) is 3.25. The number of hydrogen-bond acceptors (Lipinski definition) is 5. The van der Waals surface area contributed by atoms with Crippen molar-refractivity contribution in [2.24, 2.45) is 10.2 Å². The third kappa shape index (κ3) is 4.48. The Kier molecular flexibility index (Phi) is 5.50. The van der Waals surface area contributed by atoms with Crippen LogP contribution in [0.3, 0.4) is 0 Å². The Morgan fingerprint density at radius 2 is 1.88 bits per heavy atom. The molecule has 3 rings (SSSR count). The molecule has 128 valence electrons. The monoisotopic (exact) mass is 353 g/mol. The fourth-order valence-corrected chi connectivity index (χ4v) is 3.38. The van der Waals surface area contributed by atoms with Crippen LogP contribution in [0, 0.1) is 0 Å². The number of carbonyl (C=O) groups excluding carboxylic acids is 1. The SMILES string of the molecule is COc1ccc(/C(C)=N\N=C2\NC(=O)[C@@H](Cc3ccccc3)S2)cc1. The van der Waals surface area contributed by atoms with Crippen LogP contribution in [0.2, 0.25) is 0 Å². The highest BCUT2D eigenvalue weighted by atomic mass is 32.2. The Labute approximate surface area is 151 Å². The standard InChI is InChI=1S/C19H19N3O2S/c1-13(15-8-10-16(24-2)11-9-15)21-22-19-20-18(23)17(25-19)12-14-6-4-3-5-7-14/h3-11,17H,12H2,1-2H3,(H,20,22,23)/b21-13-/t17-/m1/s1. The number of thioether (sulfide) groups is 1. The summed E-state index contributed by atoms with van der Waals surface area (Å²) < 4.78 is 5.14. The molecule has 5 nitrogen and oxygen atoms in total. The van der Waals surface area contributed by atoms with Crippen molar-refractivity contribution in [1.29, 1.82) is 0 Å². The van der Waals surface area contributed by atoms with E-state index in [1.54, 1.807) is 7.11 Å². The van der Waals surface area contributed by atoms with Gasteiger partial charge in [0.2, 0.25) is 5.91 Å². The van der Waals surface area contributed by atoms with Gasteiger partial charge in [0.05, 0.1) is 18.1 Å². The van der Waals surface area contributed by atoms with Crippen molar-refractivity contribution in [3.8, 4) is 5.75 Å². The van der Waals surface area contributed by atoms with E-state index in [1.807, 2.05) is 61.5 Å². The van der Waals surface area contributed by atoms with E-state index >= 15 is 0 Å². The van der Waals surface area contributed by atoms with Crippen molar-refractivity contribution < 1.29 is 9.53 Å². The summed E-state index contributed by atoms with van der Waals surface area (Å²) >= 11 is 1.42. The van der Waals surface area contributed by atoms with E-state index in [9.17, 15) is 4.79 Å². The number of amidine groups is 1. The van der Waals surface area contributed by atoms with Crippen molar-refractivity contribution in [2.45, 2.75) is 18.6 Å². The maximum absolute atomic E-state index is 12.1. The van der Waals surface area contributed by atoms with Crippen LogP contribution in [-0.4, -0.2) is 29.1 Å². The molecule has 0 aliphatic carbocycles. The van der Waals surface area contributed by atoms with Crippen LogP contribution < -0.4 is 10.1 Å². The number of methoxy groups -OCH3 is 1. The van der Waals surface area contributed by atoms with Gasteiger partial charge in [-0.1, -0.05) is 42.1 Å². The van der Waals surface area contributed by atoms with Crippen molar-refractivity contribution in [1.82, 2.24) is 5.32 Å². The van der Waals surface area contributed by atoms with Gasteiger partial charge in [0, 0.05) is 0 Å². The van der Waals surface area contributed by atoms with Gasteiger partial charge in [0.1, 0.15) is 5.75 Å². The minimum atomic E-state index is -0.169. The third-order valence-corrected chi connectivity index (χ3v) is 4.91. The summed E-state index contributed by atoms with van der Waals surface area (Å²) in [5, 5.41) is 11.6. The molecule has 2 aromatic carbocycles. The highest BCUT2D eigenvalue weighted by molar-refractivity contribution is 8.15. The number of nitrogens with zero attached hydrogens (tertiary/aromatic N) is 2. The number of rotatable bonds is 5. The first kappa shape index (κ1) is 17.2. The second-order valence-corrected chi connectivity index (χ2v) is 6.80. The Morgan fingerprint density at radius 1 is 1.16 bits per heavy atom. The van der Waals surface area contributed by atoms with Crippen LogP contribution in [0.25, 0.3) is 0 Å². The van der Waals surface area contributed by atoms with Gasteiger partial charge in [0.15, 0.2) is 5.17 Å². The van der Waals surface area contributed by atoms with Gasteiger partial charge in [-0.2, -0.15) is 5.10 Å². The number of hydrogen-bond donors (Lipinski definition) is 1. The number of amides is 1. The first-order valence-corrected chi connectivity index (χ1v) is 8.82. The molecule has 1 saturated heterocycles. The Hall–Kier alpha value is -2.60. The Bertz CT molecular complexity index is 801. The molecular formula is C19H19N3O2S. The third-order valence-electron chi connectivity index (χ3n) is 3.84. The quantitative estimate of drug-likeness (QED) is 0.663. The van der Waals surface area contributed by atoms with Crippen LogP contribution in [-0.2, 0) is 11.2 Å². The molecule has 1 heterocycles. The van der Waals surface area contributed by atoms with Gasteiger partial charge in [-0.3, -0.25) is 4.79 Å². The predicted molar refractivity (Wildman–Crippen MR) is 102 cm³/mol. The lowest BCUT2D eigenvalue weighted by Crippen LogP contribution is -2.25. The Morgan fingerprint density at radius 3 is 2.56 bits per heavy atom. The van der Waals surface area contributed by atoms with E-state index in [0.29, 0.717) is 11.6 Å². The zero-order chi connectivity index (χ0) is 17.6. The average Bonchev–Trinajstić information content (AvgIpc) is 3.00. The molecule has 1 amide bonds. The maximum Gasteiger partial charge on any atom is 0.239 e. The van der Waals surface area contributed by atoms with Crippen molar-refractivity contribution in [3.05, 3.63) is 65.7 Å². The van der Waals surface area contributed by atoms with Gasteiger partial charge in [-0.05, 0) is 48.7 Å². The summed E-state index contributed by atoms with van der Waals surface area (Å²) in [6.07, 6.45) is 0.678. The highest BCUT2D eigenvalue weighted by Gasteiger charge is 2.30. The van der Waals surface area contributed by atoms with E-state index in [1.165, 1.54) is 11.8 Å². The first-order chi connectivity index (χ1) is 12.2. The fourth-order valence-electron chi connectivity index (χ4n) is 2.43. The van der Waals surface area contributed by atoms with Gasteiger partial charge in [0.25, 0.3) is 0 Å². The molecule has 2 aromatic rings. The van der Waals surface area contributed by atoms with E-state index in [4.69, 9.17) is 4.74 Å². The average molecular weight is 353 g/mol. The molecule has 1 N–H and O–H groups in total. The lowest BCUT2D eigenvalue weighted by molar-refractivity contribution is -0.118. The Balaban J connectivity index is 1.66. The van der Waals surface area contributed by atoms with Crippen molar-refractivity contribution in [2.75, 3.05) is 7.11 Å². The van der Waals surface area contributed by atoms with Gasteiger partial charge >= 0.3 is 0 Å². The first-order valence-electron chi connectivity index (χ1n) is 7.94. The number of benzene rings is 2. The molecule has 1 aliphatic rings. The largest absolute Gasteiger partial charge is 0.497 e. The zero-order valence-electron chi connectivity index (χ0n) is 14.1. The second kappa shape index (κ2) is 7.98. The summed E-state index contributed by atoms with van der Waals surface area (Å²) in [6, 6.07) is 17.6.